The third-order valence-corrected chi connectivity index (χ3v) is 7.48. The molecular weight excluding hydrogens is 357 g/mol. The average Bonchev–Trinajstić information content (AvgIpc) is 2.76. The smallest absolute Gasteiger partial charge is 0.0502 e. The molecule has 0 aliphatic rings. The molecule has 0 saturated heterocycles. The van der Waals surface area contributed by atoms with Crippen LogP contribution < -0.4 is 21.2 Å². The van der Waals surface area contributed by atoms with Gasteiger partial charge in [0.15, 0.2) is 0 Å². The fourth-order valence-corrected chi connectivity index (χ4v) is 6.16. The number of aryl methyl sites for hydroxylation is 1. The minimum Gasteiger partial charge on any atom is -0.387 e. The van der Waals surface area contributed by atoms with Gasteiger partial charge in [0.25, 0.3) is 0 Å². The predicted molar refractivity (Wildman–Crippen MR) is 125 cm³/mol. The molecule has 0 radical (unpaired) electrons. The van der Waals surface area contributed by atoms with Crippen molar-refractivity contribution in [2.24, 2.45) is 0 Å². The molecule has 0 amide bonds. The molecule has 0 spiro atoms. The first-order valence-electron chi connectivity index (χ1n) is 9.56. The number of nitrogens with one attached hydrogen (secondary N) is 1. The van der Waals surface area contributed by atoms with Gasteiger partial charge in [-0.3, -0.25) is 0 Å². The van der Waals surface area contributed by atoms with E-state index in [4.69, 9.17) is 0 Å². The summed E-state index contributed by atoms with van der Waals surface area (Å²) in [4.78, 5) is 0. The van der Waals surface area contributed by atoms with Crippen molar-refractivity contribution in [3.63, 3.8) is 0 Å². The minimum absolute atomic E-state index is 0.651. The Balaban J connectivity index is 1.95. The third-order valence-electron chi connectivity index (χ3n) is 5.00. The summed E-state index contributed by atoms with van der Waals surface area (Å²) in [5.74, 6) is 0. The molecule has 2 heteroatoms. The van der Waals surface area contributed by atoms with Crippen molar-refractivity contribution in [1.29, 1.82) is 0 Å². The zero-order valence-corrected chi connectivity index (χ0v) is 17.2. The third kappa shape index (κ3) is 3.59. The molecule has 138 valence electrons. The van der Waals surface area contributed by atoms with Crippen LogP contribution in [0.1, 0.15) is 5.56 Å². The van der Waals surface area contributed by atoms with Crippen LogP contribution in [0.3, 0.4) is 0 Å². The van der Waals surface area contributed by atoms with Gasteiger partial charge in [-0.05, 0) is 36.6 Å². The van der Waals surface area contributed by atoms with Gasteiger partial charge in [0.05, 0.1) is 5.69 Å². The summed E-state index contributed by atoms with van der Waals surface area (Å²) in [5.41, 5.74) is 5.05. The highest BCUT2D eigenvalue weighted by atomic mass is 31.1. The SMILES string of the molecule is CNc1c(-c2ccccc2C)cccc1P(c1ccccc1)c1ccccc1. The molecule has 0 heterocycles. The second kappa shape index (κ2) is 8.42. The van der Waals surface area contributed by atoms with E-state index >= 15 is 0 Å². The first-order chi connectivity index (χ1) is 13.8. The molecule has 4 rings (SSSR count). The van der Waals surface area contributed by atoms with Crippen molar-refractivity contribution < 1.29 is 0 Å². The van der Waals surface area contributed by atoms with E-state index in [2.05, 4.69) is 115 Å². The largest absolute Gasteiger partial charge is 0.387 e. The number of rotatable bonds is 5. The van der Waals surface area contributed by atoms with E-state index in [-0.39, 0.29) is 0 Å². The maximum Gasteiger partial charge on any atom is 0.0502 e. The van der Waals surface area contributed by atoms with E-state index in [1.807, 2.05) is 7.05 Å². The Morgan fingerprint density at radius 2 is 1.11 bits per heavy atom. The Morgan fingerprint density at radius 1 is 0.571 bits per heavy atom. The van der Waals surface area contributed by atoms with Crippen LogP contribution in [0.2, 0.25) is 0 Å². The van der Waals surface area contributed by atoms with Crippen LogP contribution >= 0.6 is 7.92 Å². The van der Waals surface area contributed by atoms with Gasteiger partial charge in [-0.1, -0.05) is 103 Å². The van der Waals surface area contributed by atoms with Crippen LogP contribution in [0.15, 0.2) is 103 Å². The van der Waals surface area contributed by atoms with Gasteiger partial charge >= 0.3 is 0 Å². The summed E-state index contributed by atoms with van der Waals surface area (Å²) >= 11 is 0. The predicted octanol–water partition coefficient (Wildman–Crippen LogP) is 5.46. The Kier molecular flexibility index (Phi) is 5.55. The van der Waals surface area contributed by atoms with Crippen LogP contribution in [0.4, 0.5) is 5.69 Å². The van der Waals surface area contributed by atoms with Crippen LogP contribution in [-0.4, -0.2) is 7.05 Å². The molecule has 1 N–H and O–H groups in total. The average molecular weight is 381 g/mol. The Labute approximate surface area is 168 Å². The second-order valence-electron chi connectivity index (χ2n) is 6.77. The minimum atomic E-state index is -0.651. The van der Waals surface area contributed by atoms with Crippen molar-refractivity contribution in [3.05, 3.63) is 109 Å². The van der Waals surface area contributed by atoms with E-state index in [0.717, 1.165) is 0 Å². The van der Waals surface area contributed by atoms with E-state index in [1.165, 1.54) is 38.3 Å². The van der Waals surface area contributed by atoms with E-state index in [9.17, 15) is 0 Å². The van der Waals surface area contributed by atoms with Gasteiger partial charge in [0.2, 0.25) is 0 Å². The molecular formula is C26H24NP. The molecule has 4 aromatic carbocycles. The summed E-state index contributed by atoms with van der Waals surface area (Å²) in [6.45, 7) is 2.18. The topological polar surface area (TPSA) is 12.0 Å². The molecule has 0 bridgehead atoms. The summed E-state index contributed by atoms with van der Waals surface area (Å²) < 4.78 is 0. The second-order valence-corrected chi connectivity index (χ2v) is 8.96. The van der Waals surface area contributed by atoms with Crippen molar-refractivity contribution in [3.8, 4) is 11.1 Å². The maximum absolute atomic E-state index is 3.53. The number of para-hydroxylation sites is 1. The Hall–Kier alpha value is -2.89. The molecule has 28 heavy (non-hydrogen) atoms. The zero-order valence-electron chi connectivity index (χ0n) is 16.3. The Bertz CT molecular complexity index is 1020. The molecule has 0 aliphatic heterocycles. The standard InChI is InChI=1S/C26H24NP/c1-20-12-9-10-17-23(20)24-18-11-19-25(26(24)27-2)28(21-13-5-3-6-14-21)22-15-7-4-8-16-22/h3-19,27H,1-2H3. The van der Waals surface area contributed by atoms with Crippen molar-refractivity contribution in [2.45, 2.75) is 6.92 Å². The van der Waals surface area contributed by atoms with Crippen molar-refractivity contribution in [2.75, 3.05) is 12.4 Å². The molecule has 0 unspecified atom stereocenters. The van der Waals surface area contributed by atoms with Gasteiger partial charge in [0, 0.05) is 17.9 Å². The van der Waals surface area contributed by atoms with Gasteiger partial charge in [-0.2, -0.15) is 0 Å². The van der Waals surface area contributed by atoms with E-state index < -0.39 is 7.92 Å². The summed E-state index contributed by atoms with van der Waals surface area (Å²) in [7, 11) is 1.38. The molecule has 0 atom stereocenters. The van der Waals surface area contributed by atoms with Gasteiger partial charge in [0.1, 0.15) is 0 Å². The van der Waals surface area contributed by atoms with Crippen LogP contribution in [0.5, 0.6) is 0 Å². The monoisotopic (exact) mass is 381 g/mol. The fraction of sp³-hybridized carbons (Fsp3) is 0.0769. The van der Waals surface area contributed by atoms with Gasteiger partial charge in [-0.15, -0.1) is 0 Å². The Morgan fingerprint density at radius 3 is 1.68 bits per heavy atom. The maximum atomic E-state index is 3.53. The van der Waals surface area contributed by atoms with Crippen LogP contribution in [-0.2, 0) is 0 Å². The van der Waals surface area contributed by atoms with Crippen LogP contribution in [0.25, 0.3) is 11.1 Å². The van der Waals surface area contributed by atoms with Crippen LogP contribution in [0, 0.1) is 6.92 Å². The lowest BCUT2D eigenvalue weighted by Crippen LogP contribution is -2.23. The number of hydrogen-bond donors (Lipinski definition) is 1. The molecule has 0 aliphatic carbocycles. The number of hydrogen-bond acceptors (Lipinski definition) is 1. The van der Waals surface area contributed by atoms with E-state index in [0.29, 0.717) is 0 Å². The van der Waals surface area contributed by atoms with Crippen molar-refractivity contribution in [1.82, 2.24) is 0 Å². The summed E-state index contributed by atoms with van der Waals surface area (Å²) in [6, 6.07) is 37.0. The molecule has 0 saturated carbocycles. The number of anilines is 1. The van der Waals surface area contributed by atoms with Gasteiger partial charge < -0.3 is 5.32 Å². The zero-order chi connectivity index (χ0) is 19.3. The first-order valence-corrected chi connectivity index (χ1v) is 10.9. The van der Waals surface area contributed by atoms with E-state index in [1.54, 1.807) is 0 Å². The highest BCUT2D eigenvalue weighted by molar-refractivity contribution is 7.80. The quantitative estimate of drug-likeness (QED) is 0.453. The summed E-state index contributed by atoms with van der Waals surface area (Å²) in [6.07, 6.45) is 0. The first kappa shape index (κ1) is 18.5. The lowest BCUT2D eigenvalue weighted by atomic mass is 9.99. The summed E-state index contributed by atoms with van der Waals surface area (Å²) in [5, 5.41) is 7.61. The van der Waals surface area contributed by atoms with Gasteiger partial charge in [-0.25, -0.2) is 0 Å². The lowest BCUT2D eigenvalue weighted by molar-refractivity contribution is 1.44. The molecule has 1 nitrogen and oxygen atoms in total. The normalized spacial score (nSPS) is 10.8. The molecule has 0 aromatic heterocycles. The highest BCUT2D eigenvalue weighted by Crippen LogP contribution is 2.39. The number of benzene rings is 4. The lowest BCUT2D eigenvalue weighted by Gasteiger charge is -2.24. The fourth-order valence-electron chi connectivity index (χ4n) is 3.67. The van der Waals surface area contributed by atoms with Crippen molar-refractivity contribution >= 4 is 29.5 Å². The highest BCUT2D eigenvalue weighted by Gasteiger charge is 2.21. The molecule has 4 aromatic rings. The molecule has 0 fully saturated rings.